The molecule has 0 saturated heterocycles. The predicted molar refractivity (Wildman–Crippen MR) is 120 cm³/mol. The number of aryl methyl sites for hydroxylation is 2. The quantitative estimate of drug-likeness (QED) is 0.358. The standard InChI is InChI=1S/C26H23N3/c1-3-23-27-24(4-2)29-25(28-23)16-17-10-9-15-22-20-12-6-5-11-18(20)19-13-7-8-14-21(19)26(17)22/h5-15H,3-4,16H2,1-2H3. The summed E-state index contributed by atoms with van der Waals surface area (Å²) >= 11 is 0. The average Bonchev–Trinajstić information content (AvgIpc) is 2.79. The van der Waals surface area contributed by atoms with Crippen LogP contribution in [0.2, 0.25) is 0 Å². The van der Waals surface area contributed by atoms with Crippen molar-refractivity contribution in [3.63, 3.8) is 0 Å². The van der Waals surface area contributed by atoms with E-state index < -0.39 is 0 Å². The van der Waals surface area contributed by atoms with Crippen LogP contribution in [0.4, 0.5) is 0 Å². The minimum Gasteiger partial charge on any atom is -0.218 e. The molecule has 5 aromatic rings. The van der Waals surface area contributed by atoms with E-state index in [4.69, 9.17) is 9.97 Å². The van der Waals surface area contributed by atoms with Gasteiger partial charge in [0.2, 0.25) is 0 Å². The van der Waals surface area contributed by atoms with Gasteiger partial charge in [0.25, 0.3) is 0 Å². The molecule has 0 aliphatic carbocycles. The zero-order chi connectivity index (χ0) is 19.8. The Bertz CT molecular complexity index is 1290. The van der Waals surface area contributed by atoms with E-state index in [0.717, 1.165) is 30.3 Å². The maximum Gasteiger partial charge on any atom is 0.137 e. The van der Waals surface area contributed by atoms with Crippen LogP contribution >= 0.6 is 0 Å². The molecule has 0 fully saturated rings. The van der Waals surface area contributed by atoms with Crippen molar-refractivity contribution in [2.75, 3.05) is 0 Å². The van der Waals surface area contributed by atoms with Crippen molar-refractivity contribution in [3.05, 3.63) is 89.8 Å². The number of benzene rings is 4. The van der Waals surface area contributed by atoms with Gasteiger partial charge in [0, 0.05) is 19.3 Å². The molecule has 0 aliphatic heterocycles. The Morgan fingerprint density at radius 1 is 0.517 bits per heavy atom. The lowest BCUT2D eigenvalue weighted by molar-refractivity contribution is 0.780. The highest BCUT2D eigenvalue weighted by Gasteiger charge is 2.13. The molecule has 0 spiro atoms. The second-order valence-electron chi connectivity index (χ2n) is 7.40. The monoisotopic (exact) mass is 377 g/mol. The third-order valence-electron chi connectivity index (χ3n) is 5.61. The Morgan fingerprint density at radius 2 is 0.966 bits per heavy atom. The van der Waals surface area contributed by atoms with Crippen molar-refractivity contribution in [2.45, 2.75) is 33.1 Å². The second-order valence-corrected chi connectivity index (χ2v) is 7.40. The van der Waals surface area contributed by atoms with Crippen molar-refractivity contribution in [2.24, 2.45) is 0 Å². The molecule has 0 unspecified atom stereocenters. The Balaban J connectivity index is 1.80. The highest BCUT2D eigenvalue weighted by molar-refractivity contribution is 6.26. The molecule has 0 radical (unpaired) electrons. The van der Waals surface area contributed by atoms with Gasteiger partial charge in [-0.25, -0.2) is 15.0 Å². The van der Waals surface area contributed by atoms with E-state index in [1.54, 1.807) is 0 Å². The number of hydrogen-bond donors (Lipinski definition) is 0. The van der Waals surface area contributed by atoms with Gasteiger partial charge in [0.1, 0.15) is 17.5 Å². The smallest absolute Gasteiger partial charge is 0.137 e. The fourth-order valence-electron chi connectivity index (χ4n) is 4.27. The van der Waals surface area contributed by atoms with Crippen molar-refractivity contribution in [1.82, 2.24) is 15.0 Å². The van der Waals surface area contributed by atoms with Crippen LogP contribution in [0, 0.1) is 0 Å². The molecular weight excluding hydrogens is 354 g/mol. The fourth-order valence-corrected chi connectivity index (χ4v) is 4.27. The summed E-state index contributed by atoms with van der Waals surface area (Å²) in [5.74, 6) is 2.61. The van der Waals surface area contributed by atoms with Gasteiger partial charge in [-0.05, 0) is 37.9 Å². The molecular formula is C26H23N3. The van der Waals surface area contributed by atoms with Crippen molar-refractivity contribution in [1.29, 1.82) is 0 Å². The first-order chi connectivity index (χ1) is 14.3. The first-order valence-electron chi connectivity index (χ1n) is 10.3. The van der Waals surface area contributed by atoms with E-state index in [2.05, 4.69) is 85.6 Å². The van der Waals surface area contributed by atoms with Gasteiger partial charge in [0.15, 0.2) is 0 Å². The molecule has 142 valence electrons. The lowest BCUT2D eigenvalue weighted by atomic mass is 9.91. The van der Waals surface area contributed by atoms with E-state index in [-0.39, 0.29) is 0 Å². The van der Waals surface area contributed by atoms with E-state index in [1.807, 2.05) is 0 Å². The van der Waals surface area contributed by atoms with E-state index in [9.17, 15) is 0 Å². The molecule has 29 heavy (non-hydrogen) atoms. The number of hydrogen-bond acceptors (Lipinski definition) is 3. The molecule has 5 rings (SSSR count). The van der Waals surface area contributed by atoms with Gasteiger partial charge < -0.3 is 0 Å². The van der Waals surface area contributed by atoms with Gasteiger partial charge >= 0.3 is 0 Å². The molecule has 0 aliphatic rings. The largest absolute Gasteiger partial charge is 0.218 e. The van der Waals surface area contributed by atoms with E-state index in [0.29, 0.717) is 6.42 Å². The third-order valence-corrected chi connectivity index (χ3v) is 5.61. The first-order valence-corrected chi connectivity index (χ1v) is 10.3. The van der Waals surface area contributed by atoms with Crippen molar-refractivity contribution >= 4 is 32.3 Å². The molecule has 3 heteroatoms. The Kier molecular flexibility index (Phi) is 4.44. The van der Waals surface area contributed by atoms with Crippen molar-refractivity contribution in [3.8, 4) is 0 Å². The summed E-state index contributed by atoms with van der Waals surface area (Å²) in [4.78, 5) is 14.0. The molecule has 0 bridgehead atoms. The van der Waals surface area contributed by atoms with Crippen LogP contribution in [-0.2, 0) is 19.3 Å². The van der Waals surface area contributed by atoms with E-state index >= 15 is 0 Å². The summed E-state index contributed by atoms with van der Waals surface area (Å²) < 4.78 is 0. The SMILES string of the molecule is CCc1nc(CC)nc(Cc2cccc3c4ccccc4c4ccccc4c23)n1. The Hall–Kier alpha value is -3.33. The van der Waals surface area contributed by atoms with Crippen LogP contribution in [0.3, 0.4) is 0 Å². The third kappa shape index (κ3) is 3.03. The molecule has 0 saturated carbocycles. The molecule has 1 heterocycles. The lowest BCUT2D eigenvalue weighted by Crippen LogP contribution is -2.07. The predicted octanol–water partition coefficient (Wildman–Crippen LogP) is 6.05. The fraction of sp³-hybridized carbons (Fsp3) is 0.192. The number of aromatic nitrogens is 3. The summed E-state index contributed by atoms with van der Waals surface area (Å²) in [5, 5.41) is 7.77. The Morgan fingerprint density at radius 3 is 1.52 bits per heavy atom. The molecule has 0 atom stereocenters. The zero-order valence-electron chi connectivity index (χ0n) is 16.8. The maximum absolute atomic E-state index is 4.72. The first kappa shape index (κ1) is 17.7. The van der Waals surface area contributed by atoms with Crippen LogP contribution in [0.1, 0.15) is 36.9 Å². The second kappa shape index (κ2) is 7.25. The molecule has 1 aromatic heterocycles. The average molecular weight is 377 g/mol. The van der Waals surface area contributed by atoms with Crippen LogP contribution < -0.4 is 0 Å². The minimum absolute atomic E-state index is 0.711. The number of rotatable bonds is 4. The van der Waals surface area contributed by atoms with Crippen LogP contribution in [0.5, 0.6) is 0 Å². The number of fused-ring (bicyclic) bond motifs is 6. The summed E-state index contributed by atoms with van der Waals surface area (Å²) in [6.45, 7) is 4.19. The molecule has 3 nitrogen and oxygen atoms in total. The van der Waals surface area contributed by atoms with Crippen molar-refractivity contribution < 1.29 is 0 Å². The van der Waals surface area contributed by atoms with Gasteiger partial charge in [-0.1, -0.05) is 80.6 Å². The highest BCUT2D eigenvalue weighted by atomic mass is 15.0. The lowest BCUT2D eigenvalue weighted by Gasteiger charge is -2.14. The topological polar surface area (TPSA) is 38.7 Å². The summed E-state index contributed by atoms with van der Waals surface area (Å²) in [7, 11) is 0. The van der Waals surface area contributed by atoms with Gasteiger partial charge in [-0.15, -0.1) is 0 Å². The van der Waals surface area contributed by atoms with Gasteiger partial charge in [-0.2, -0.15) is 0 Å². The van der Waals surface area contributed by atoms with Crippen LogP contribution in [-0.4, -0.2) is 15.0 Å². The molecule has 0 N–H and O–H groups in total. The van der Waals surface area contributed by atoms with Gasteiger partial charge in [-0.3, -0.25) is 0 Å². The van der Waals surface area contributed by atoms with Crippen LogP contribution in [0.15, 0.2) is 66.7 Å². The summed E-state index contributed by atoms with van der Waals surface area (Å²) in [5.41, 5.74) is 1.26. The molecule has 0 amide bonds. The van der Waals surface area contributed by atoms with E-state index in [1.165, 1.54) is 37.9 Å². The normalized spacial score (nSPS) is 11.5. The zero-order valence-corrected chi connectivity index (χ0v) is 16.8. The maximum atomic E-state index is 4.72. The summed E-state index contributed by atoms with van der Waals surface area (Å²) in [6, 6.07) is 24.0. The number of nitrogens with zero attached hydrogens (tertiary/aromatic N) is 3. The molecule has 4 aromatic carbocycles. The van der Waals surface area contributed by atoms with Crippen LogP contribution in [0.25, 0.3) is 32.3 Å². The minimum atomic E-state index is 0.711. The summed E-state index contributed by atoms with van der Waals surface area (Å²) in [6.07, 6.45) is 2.36. The van der Waals surface area contributed by atoms with Gasteiger partial charge in [0.05, 0.1) is 0 Å². The Labute approximate surface area is 170 Å². The highest BCUT2D eigenvalue weighted by Crippen LogP contribution is 2.36.